The summed E-state index contributed by atoms with van der Waals surface area (Å²) in [6.07, 6.45) is 14.7. The van der Waals surface area contributed by atoms with E-state index in [1.54, 1.807) is 5.57 Å². The van der Waals surface area contributed by atoms with Crippen molar-refractivity contribution in [1.29, 1.82) is 0 Å². The van der Waals surface area contributed by atoms with E-state index in [-0.39, 0.29) is 6.10 Å². The molecule has 3 unspecified atom stereocenters. The van der Waals surface area contributed by atoms with E-state index in [2.05, 4.69) is 32.6 Å². The Morgan fingerprint density at radius 2 is 1.95 bits per heavy atom. The summed E-state index contributed by atoms with van der Waals surface area (Å²) in [5.41, 5.74) is 2.49. The van der Waals surface area contributed by atoms with Gasteiger partial charge in [0.1, 0.15) is 0 Å². The van der Waals surface area contributed by atoms with E-state index in [0.717, 1.165) is 36.5 Å². The molecule has 1 nitrogen and oxygen atoms in total. The zero-order chi connectivity index (χ0) is 15.5. The minimum absolute atomic E-state index is 0.0821. The van der Waals surface area contributed by atoms with Crippen molar-refractivity contribution in [2.45, 2.75) is 71.3 Å². The molecule has 1 heteroatoms. The molecule has 0 heterocycles. The molecule has 0 spiro atoms. The lowest BCUT2D eigenvalue weighted by atomic mass is 9.47. The van der Waals surface area contributed by atoms with Gasteiger partial charge in [0.15, 0.2) is 0 Å². The third-order valence-electron chi connectivity index (χ3n) is 8.44. The number of fused-ring (bicyclic) bond motifs is 5. The minimum atomic E-state index is -0.0821. The second-order valence-electron chi connectivity index (χ2n) is 9.12. The normalized spacial score (nSPS) is 54.0. The lowest BCUT2D eigenvalue weighted by molar-refractivity contribution is -0.0442. The molecule has 4 aliphatic carbocycles. The van der Waals surface area contributed by atoms with Crippen molar-refractivity contribution in [3.63, 3.8) is 0 Å². The predicted molar refractivity (Wildman–Crippen MR) is 91.4 cm³/mol. The third-order valence-corrected chi connectivity index (χ3v) is 8.44. The van der Waals surface area contributed by atoms with Crippen LogP contribution in [0.3, 0.4) is 0 Å². The molecule has 0 aromatic carbocycles. The van der Waals surface area contributed by atoms with Crippen LogP contribution in [0.25, 0.3) is 0 Å². The van der Waals surface area contributed by atoms with Crippen LogP contribution in [0.4, 0.5) is 0 Å². The van der Waals surface area contributed by atoms with E-state index in [4.69, 9.17) is 0 Å². The summed E-state index contributed by atoms with van der Waals surface area (Å²) in [7, 11) is 0. The number of hydrogen-bond acceptors (Lipinski definition) is 1. The van der Waals surface area contributed by atoms with E-state index in [9.17, 15) is 5.11 Å². The molecular formula is C21H32O. The van der Waals surface area contributed by atoms with Gasteiger partial charge in [0.05, 0.1) is 6.10 Å². The largest absolute Gasteiger partial charge is 0.393 e. The highest BCUT2D eigenvalue weighted by atomic mass is 16.3. The number of hydrogen-bond donors (Lipinski definition) is 1. The van der Waals surface area contributed by atoms with E-state index in [1.165, 1.54) is 38.5 Å². The first-order valence-corrected chi connectivity index (χ1v) is 9.49. The third kappa shape index (κ3) is 1.87. The van der Waals surface area contributed by atoms with Crippen molar-refractivity contribution in [2.75, 3.05) is 0 Å². The second kappa shape index (κ2) is 4.97. The molecular weight excluding hydrogens is 268 g/mol. The van der Waals surface area contributed by atoms with Gasteiger partial charge in [-0.2, -0.15) is 0 Å². The maximum Gasteiger partial charge on any atom is 0.0577 e. The highest BCUT2D eigenvalue weighted by molar-refractivity contribution is 5.25. The maximum absolute atomic E-state index is 10.1. The topological polar surface area (TPSA) is 20.2 Å². The van der Waals surface area contributed by atoms with Crippen molar-refractivity contribution in [2.24, 2.45) is 34.5 Å². The van der Waals surface area contributed by atoms with Crippen LogP contribution in [-0.2, 0) is 0 Å². The number of aliphatic hydroxyl groups is 1. The van der Waals surface area contributed by atoms with Crippen LogP contribution in [0, 0.1) is 34.5 Å². The Labute approximate surface area is 135 Å². The quantitative estimate of drug-likeness (QED) is 0.667. The van der Waals surface area contributed by atoms with Gasteiger partial charge in [-0.3, -0.25) is 0 Å². The van der Waals surface area contributed by atoms with Gasteiger partial charge in [0.25, 0.3) is 0 Å². The van der Waals surface area contributed by atoms with Crippen LogP contribution in [0.2, 0.25) is 0 Å². The highest BCUT2D eigenvalue weighted by Crippen LogP contribution is 2.66. The van der Waals surface area contributed by atoms with E-state index in [1.807, 2.05) is 0 Å². The summed E-state index contributed by atoms with van der Waals surface area (Å²) in [6, 6.07) is 0. The van der Waals surface area contributed by atoms with Gasteiger partial charge in [-0.1, -0.05) is 31.6 Å². The fraction of sp³-hybridized carbons (Fsp3) is 0.810. The van der Waals surface area contributed by atoms with Crippen LogP contribution < -0.4 is 0 Å². The molecule has 1 N–H and O–H groups in total. The molecule has 4 aliphatic rings. The lowest BCUT2D eigenvalue weighted by Gasteiger charge is -2.58. The van der Waals surface area contributed by atoms with Crippen molar-refractivity contribution in [3.05, 3.63) is 24.3 Å². The van der Waals surface area contributed by atoms with Gasteiger partial charge in [-0.15, -0.1) is 6.58 Å². The zero-order valence-electron chi connectivity index (χ0n) is 14.4. The summed E-state index contributed by atoms with van der Waals surface area (Å²) in [6.45, 7) is 9.20. The second-order valence-corrected chi connectivity index (χ2v) is 9.12. The molecule has 7 atom stereocenters. The molecule has 3 saturated carbocycles. The lowest BCUT2D eigenvalue weighted by Crippen LogP contribution is -2.50. The molecule has 0 aromatic rings. The first-order chi connectivity index (χ1) is 10.5. The Hall–Kier alpha value is -0.560. The van der Waals surface area contributed by atoms with Crippen molar-refractivity contribution in [1.82, 2.24) is 0 Å². The average Bonchev–Trinajstić information content (AvgIpc) is 2.84. The van der Waals surface area contributed by atoms with Gasteiger partial charge in [-0.25, -0.2) is 0 Å². The van der Waals surface area contributed by atoms with Gasteiger partial charge in [0.2, 0.25) is 0 Å². The number of aliphatic hydroxyl groups excluding tert-OH is 1. The minimum Gasteiger partial charge on any atom is -0.393 e. The molecule has 0 amide bonds. The Kier molecular flexibility index (Phi) is 3.39. The Morgan fingerprint density at radius 1 is 1.14 bits per heavy atom. The monoisotopic (exact) mass is 300 g/mol. The molecule has 3 fully saturated rings. The summed E-state index contributed by atoms with van der Waals surface area (Å²) < 4.78 is 0. The Balaban J connectivity index is 1.67. The molecule has 0 bridgehead atoms. The first-order valence-electron chi connectivity index (χ1n) is 9.49. The van der Waals surface area contributed by atoms with Crippen molar-refractivity contribution >= 4 is 0 Å². The summed E-state index contributed by atoms with van der Waals surface area (Å²) in [5.74, 6) is 3.38. The predicted octanol–water partition coefficient (Wildman–Crippen LogP) is 5.11. The van der Waals surface area contributed by atoms with Gasteiger partial charge in [0, 0.05) is 0 Å². The molecule has 22 heavy (non-hydrogen) atoms. The van der Waals surface area contributed by atoms with Gasteiger partial charge >= 0.3 is 0 Å². The highest BCUT2D eigenvalue weighted by Gasteiger charge is 2.57. The molecule has 0 saturated heterocycles. The van der Waals surface area contributed by atoms with Gasteiger partial charge < -0.3 is 5.11 Å². The number of allylic oxidation sites excluding steroid dienone is 2. The Bertz CT molecular complexity index is 506. The van der Waals surface area contributed by atoms with E-state index < -0.39 is 0 Å². The molecule has 0 radical (unpaired) electrons. The van der Waals surface area contributed by atoms with Crippen molar-refractivity contribution < 1.29 is 5.11 Å². The Morgan fingerprint density at radius 3 is 2.73 bits per heavy atom. The maximum atomic E-state index is 10.1. The van der Waals surface area contributed by atoms with Crippen LogP contribution in [-0.4, -0.2) is 11.2 Å². The van der Waals surface area contributed by atoms with Crippen molar-refractivity contribution in [3.8, 4) is 0 Å². The van der Waals surface area contributed by atoms with E-state index >= 15 is 0 Å². The fourth-order valence-corrected chi connectivity index (χ4v) is 7.07. The van der Waals surface area contributed by atoms with Crippen LogP contribution >= 0.6 is 0 Å². The summed E-state index contributed by atoms with van der Waals surface area (Å²) in [4.78, 5) is 0. The smallest absolute Gasteiger partial charge is 0.0577 e. The summed E-state index contributed by atoms with van der Waals surface area (Å²) in [5, 5.41) is 10.1. The molecule has 0 aromatic heterocycles. The SMILES string of the molecule is C=C[C@H]1CCC2C3CC=C4C[C@@H](O)CC[C@]4(C)C3CC[C@@]21C. The first kappa shape index (κ1) is 15.0. The standard InChI is InChI=1S/C21H32O/c1-4-14-6-8-18-17-7-5-15-13-16(22)9-11-21(15,3)19(17)10-12-20(14,18)2/h4-5,14,16-19,22H,1,6-13H2,2-3H3/t14-,16-,17?,18?,19?,20+,21-/m0/s1. The fourth-order valence-electron chi connectivity index (χ4n) is 7.07. The van der Waals surface area contributed by atoms with Crippen LogP contribution in [0.1, 0.15) is 65.2 Å². The van der Waals surface area contributed by atoms with Crippen LogP contribution in [0.5, 0.6) is 0 Å². The average molecular weight is 300 g/mol. The molecule has 122 valence electrons. The van der Waals surface area contributed by atoms with E-state index in [0.29, 0.717) is 10.8 Å². The number of rotatable bonds is 1. The summed E-state index contributed by atoms with van der Waals surface area (Å²) >= 11 is 0. The molecule has 4 rings (SSSR count). The zero-order valence-corrected chi connectivity index (χ0v) is 14.4. The molecule has 0 aliphatic heterocycles. The van der Waals surface area contributed by atoms with Gasteiger partial charge in [-0.05, 0) is 85.9 Å². The van der Waals surface area contributed by atoms with Crippen LogP contribution in [0.15, 0.2) is 24.3 Å².